The van der Waals surface area contributed by atoms with E-state index in [1.54, 1.807) is 0 Å². The zero-order valence-electron chi connectivity index (χ0n) is 10.6. The minimum atomic E-state index is -3.71. The van der Waals surface area contributed by atoms with E-state index in [0.29, 0.717) is 24.5 Å². The zero-order chi connectivity index (χ0) is 14.2. The van der Waals surface area contributed by atoms with Crippen molar-refractivity contribution in [1.29, 1.82) is 0 Å². The lowest BCUT2D eigenvalue weighted by Crippen LogP contribution is -2.31. The van der Waals surface area contributed by atoms with Crippen molar-refractivity contribution in [3.63, 3.8) is 0 Å². The maximum Gasteiger partial charge on any atom is 0.263 e. The fraction of sp³-hybridized carbons (Fsp3) is 0.364. The van der Waals surface area contributed by atoms with Crippen molar-refractivity contribution in [2.45, 2.75) is 13.8 Å². The first kappa shape index (κ1) is 13.5. The van der Waals surface area contributed by atoms with Crippen LogP contribution in [0, 0.1) is 10.4 Å². The van der Waals surface area contributed by atoms with Gasteiger partial charge in [-0.05, 0) is 19.9 Å². The third-order valence-electron chi connectivity index (χ3n) is 3.03. The van der Waals surface area contributed by atoms with Crippen molar-refractivity contribution in [2.75, 3.05) is 13.1 Å². The molecule has 0 saturated heterocycles. The van der Waals surface area contributed by atoms with Crippen LogP contribution < -0.4 is 4.72 Å². The van der Waals surface area contributed by atoms with Gasteiger partial charge in [0, 0.05) is 30.8 Å². The summed E-state index contributed by atoms with van der Waals surface area (Å²) in [6, 6.07) is 0. The average Bonchev–Trinajstić information content (AvgIpc) is 2.63. The SMILES string of the molecule is CCN(CC)C1=C2C=CC(=[N+]([O-])[O-])C=C2S(=O)(=O)N1. The molecule has 2 aliphatic rings. The molecular weight excluding hydrogens is 270 g/mol. The molecule has 1 N–H and O–H groups in total. The van der Waals surface area contributed by atoms with Gasteiger partial charge in [-0.3, -0.25) is 4.72 Å². The molecule has 0 aromatic carbocycles. The summed E-state index contributed by atoms with van der Waals surface area (Å²) in [6.07, 6.45) is 3.87. The first-order valence-electron chi connectivity index (χ1n) is 5.84. The fourth-order valence-corrected chi connectivity index (χ4v) is 3.39. The molecule has 0 aromatic heterocycles. The number of nitrogens with zero attached hydrogens (tertiary/aromatic N) is 2. The zero-order valence-corrected chi connectivity index (χ0v) is 11.4. The molecule has 19 heavy (non-hydrogen) atoms. The van der Waals surface area contributed by atoms with Gasteiger partial charge >= 0.3 is 0 Å². The first-order chi connectivity index (χ1) is 8.90. The lowest BCUT2D eigenvalue weighted by molar-refractivity contribution is -0.377. The summed E-state index contributed by atoms with van der Waals surface area (Å²) in [5.41, 5.74) is 0.249. The normalized spacial score (nSPS) is 19.9. The Balaban J connectivity index is 2.58. The van der Waals surface area contributed by atoms with Gasteiger partial charge in [-0.1, -0.05) is 0 Å². The maximum atomic E-state index is 12.0. The van der Waals surface area contributed by atoms with E-state index in [-0.39, 0.29) is 10.6 Å². The van der Waals surface area contributed by atoms with Crippen molar-refractivity contribution in [1.82, 2.24) is 9.62 Å². The number of fused-ring (bicyclic) bond motifs is 1. The number of hydrogen-bond acceptors (Lipinski definition) is 5. The topological polar surface area (TPSA) is 98.5 Å². The van der Waals surface area contributed by atoms with Crippen LogP contribution in [0.15, 0.2) is 34.5 Å². The van der Waals surface area contributed by atoms with Crippen LogP contribution >= 0.6 is 0 Å². The van der Waals surface area contributed by atoms with Crippen LogP contribution in [0.1, 0.15) is 13.8 Å². The van der Waals surface area contributed by atoms with Crippen molar-refractivity contribution >= 4 is 15.7 Å². The molecule has 0 spiro atoms. The molecule has 0 aromatic rings. The summed E-state index contributed by atoms with van der Waals surface area (Å²) < 4.78 is 26.4. The quantitative estimate of drug-likeness (QED) is 0.596. The summed E-state index contributed by atoms with van der Waals surface area (Å²) >= 11 is 0. The third kappa shape index (κ3) is 2.19. The second-order valence-electron chi connectivity index (χ2n) is 4.06. The van der Waals surface area contributed by atoms with E-state index in [2.05, 4.69) is 4.72 Å². The van der Waals surface area contributed by atoms with E-state index in [0.717, 1.165) is 6.08 Å². The van der Waals surface area contributed by atoms with Crippen LogP contribution in [0.3, 0.4) is 0 Å². The minimum absolute atomic E-state index is 0.0383. The molecule has 0 radical (unpaired) electrons. The van der Waals surface area contributed by atoms with Crippen LogP contribution in [0.4, 0.5) is 0 Å². The highest BCUT2D eigenvalue weighted by Gasteiger charge is 2.36. The van der Waals surface area contributed by atoms with Crippen LogP contribution in [-0.2, 0) is 10.0 Å². The van der Waals surface area contributed by atoms with E-state index < -0.39 is 14.9 Å². The highest BCUT2D eigenvalue weighted by molar-refractivity contribution is 7.94. The molecule has 104 valence electrons. The number of allylic oxidation sites excluding steroid dienone is 4. The first-order valence-corrected chi connectivity index (χ1v) is 7.32. The van der Waals surface area contributed by atoms with E-state index in [1.807, 2.05) is 18.7 Å². The van der Waals surface area contributed by atoms with Crippen LogP contribution in [0.2, 0.25) is 0 Å². The highest BCUT2D eigenvalue weighted by atomic mass is 32.2. The molecule has 0 unspecified atom stereocenters. The summed E-state index contributed by atoms with van der Waals surface area (Å²) in [4.78, 5) is 1.21. The Kier molecular flexibility index (Phi) is 3.27. The molecule has 7 nitrogen and oxygen atoms in total. The van der Waals surface area contributed by atoms with Crippen LogP contribution in [0.25, 0.3) is 0 Å². The minimum Gasteiger partial charge on any atom is -0.612 e. The standard InChI is InChI=1S/C11H14N3O4S/c1-3-13(4-2)11-9-6-5-8(14(15)16)7-10(9)19(17,18)12-11/h5-7,12H,3-4H2,1-2H3/q-1. The van der Waals surface area contributed by atoms with Gasteiger partial charge < -0.3 is 15.3 Å². The Hall–Kier alpha value is -1.96. The molecular formula is C11H14N3O4S-. The van der Waals surface area contributed by atoms with Crippen LogP contribution in [-0.4, -0.2) is 37.0 Å². The average molecular weight is 284 g/mol. The molecule has 2 rings (SSSR count). The molecule has 0 amide bonds. The van der Waals surface area contributed by atoms with Gasteiger partial charge in [-0.15, -0.1) is 0 Å². The smallest absolute Gasteiger partial charge is 0.263 e. The van der Waals surface area contributed by atoms with Gasteiger partial charge in [-0.25, -0.2) is 8.42 Å². The molecule has 0 fully saturated rings. The monoisotopic (exact) mass is 284 g/mol. The molecule has 0 saturated carbocycles. The van der Waals surface area contributed by atoms with Gasteiger partial charge in [0.05, 0.1) is 0 Å². The van der Waals surface area contributed by atoms with Crippen molar-refractivity contribution < 1.29 is 13.3 Å². The Morgan fingerprint density at radius 1 is 1.26 bits per heavy atom. The maximum absolute atomic E-state index is 12.0. The largest absolute Gasteiger partial charge is 0.612 e. The number of nitrogens with one attached hydrogen (secondary N) is 1. The van der Waals surface area contributed by atoms with Gasteiger partial charge in [0.15, 0.2) is 0 Å². The van der Waals surface area contributed by atoms with Gasteiger partial charge in [0.1, 0.15) is 10.7 Å². The van der Waals surface area contributed by atoms with E-state index in [1.165, 1.54) is 12.2 Å². The van der Waals surface area contributed by atoms with Gasteiger partial charge in [0.25, 0.3) is 10.0 Å². The molecule has 0 atom stereocenters. The second kappa shape index (κ2) is 4.61. The predicted octanol–water partition coefficient (Wildman–Crippen LogP) is 0.376. The predicted molar refractivity (Wildman–Crippen MR) is 71.2 cm³/mol. The van der Waals surface area contributed by atoms with Crippen LogP contribution in [0.5, 0.6) is 0 Å². The second-order valence-corrected chi connectivity index (χ2v) is 5.71. The van der Waals surface area contributed by atoms with Crippen molar-refractivity contribution in [3.05, 3.63) is 44.9 Å². The van der Waals surface area contributed by atoms with Gasteiger partial charge in [-0.2, -0.15) is 4.90 Å². The number of sulfonamides is 1. The molecule has 1 heterocycles. The number of hydrogen-bond donors (Lipinski definition) is 1. The lowest BCUT2D eigenvalue weighted by atomic mass is 10.1. The Morgan fingerprint density at radius 2 is 1.89 bits per heavy atom. The van der Waals surface area contributed by atoms with E-state index >= 15 is 0 Å². The molecule has 1 aliphatic heterocycles. The Morgan fingerprint density at radius 3 is 2.42 bits per heavy atom. The van der Waals surface area contributed by atoms with Gasteiger partial charge in [0.2, 0.25) is 5.71 Å². The number of rotatable bonds is 3. The van der Waals surface area contributed by atoms with E-state index in [9.17, 15) is 18.8 Å². The molecule has 1 aliphatic carbocycles. The summed E-state index contributed by atoms with van der Waals surface area (Å²) in [5, 5.41) is 21.4. The molecule has 0 bridgehead atoms. The fourth-order valence-electron chi connectivity index (χ4n) is 2.05. The highest BCUT2D eigenvalue weighted by Crippen LogP contribution is 2.31. The third-order valence-corrected chi connectivity index (χ3v) is 4.41. The Labute approximate surface area is 111 Å². The Bertz CT molecular complexity index is 620. The summed E-state index contributed by atoms with van der Waals surface area (Å²) in [5.74, 6) is 0.481. The van der Waals surface area contributed by atoms with Crippen molar-refractivity contribution in [3.8, 4) is 0 Å². The molecule has 8 heteroatoms. The van der Waals surface area contributed by atoms with Crippen molar-refractivity contribution in [2.24, 2.45) is 0 Å². The lowest BCUT2D eigenvalue weighted by Gasteiger charge is -2.22. The summed E-state index contributed by atoms with van der Waals surface area (Å²) in [7, 11) is -3.71. The summed E-state index contributed by atoms with van der Waals surface area (Å²) in [6.45, 7) is 5.11. The van der Waals surface area contributed by atoms with E-state index in [4.69, 9.17) is 0 Å².